The van der Waals surface area contributed by atoms with Gasteiger partial charge in [-0.15, -0.1) is 0 Å². The number of hydrogen-bond acceptors (Lipinski definition) is 8. The van der Waals surface area contributed by atoms with Crippen molar-refractivity contribution in [1.82, 2.24) is 9.97 Å². The van der Waals surface area contributed by atoms with Crippen LogP contribution in [-0.2, 0) is 14.3 Å². The van der Waals surface area contributed by atoms with E-state index in [4.69, 9.17) is 14.2 Å². The largest absolute Gasteiger partial charge is 0.515 e. The molecule has 9 heteroatoms. The first kappa shape index (κ1) is 18.9. The zero-order chi connectivity index (χ0) is 18.6. The molecule has 0 aliphatic carbocycles. The average Bonchev–Trinajstić information content (AvgIpc) is 2.52. The van der Waals surface area contributed by atoms with Crippen molar-refractivity contribution < 1.29 is 28.9 Å². The van der Waals surface area contributed by atoms with Crippen LogP contribution in [0.2, 0.25) is 0 Å². The van der Waals surface area contributed by atoms with E-state index in [0.717, 1.165) is 0 Å². The molecular formula is C16H23N3O6. The summed E-state index contributed by atoms with van der Waals surface area (Å²) in [5.41, 5.74) is -0.714. The average molecular weight is 353 g/mol. The summed E-state index contributed by atoms with van der Waals surface area (Å²) in [6.07, 6.45) is -0.909. The quantitative estimate of drug-likeness (QED) is 0.810. The molecule has 1 aliphatic heterocycles. The number of morpholine rings is 1. The van der Waals surface area contributed by atoms with Gasteiger partial charge in [0.05, 0.1) is 13.2 Å². The number of rotatable bonds is 4. The second-order valence-electron chi connectivity index (χ2n) is 6.65. The number of nitrogens with zero attached hydrogens (tertiary/aromatic N) is 3. The number of anilines is 1. The van der Waals surface area contributed by atoms with E-state index in [1.807, 2.05) is 4.90 Å². The monoisotopic (exact) mass is 353 g/mol. The Kier molecular flexibility index (Phi) is 5.78. The Balaban J connectivity index is 2.29. The van der Waals surface area contributed by atoms with E-state index in [9.17, 15) is 14.7 Å². The second-order valence-corrected chi connectivity index (χ2v) is 6.65. The van der Waals surface area contributed by atoms with Crippen molar-refractivity contribution >= 4 is 17.9 Å². The lowest BCUT2D eigenvalue weighted by molar-refractivity contribution is -0.138. The topological polar surface area (TPSA) is 111 Å². The van der Waals surface area contributed by atoms with Crippen LogP contribution >= 0.6 is 0 Å². The number of carbonyl (C=O) groups is 2. The lowest BCUT2D eigenvalue weighted by Gasteiger charge is -2.28. The van der Waals surface area contributed by atoms with Gasteiger partial charge in [-0.2, -0.15) is 4.98 Å². The summed E-state index contributed by atoms with van der Waals surface area (Å²) in [5, 5.41) is 9.22. The molecule has 1 aromatic heterocycles. The van der Waals surface area contributed by atoms with Crippen molar-refractivity contribution in [3.63, 3.8) is 0 Å². The molecule has 0 bridgehead atoms. The Morgan fingerprint density at radius 1 is 1.28 bits per heavy atom. The fourth-order valence-electron chi connectivity index (χ4n) is 2.10. The molecule has 1 aliphatic rings. The molecule has 0 saturated carbocycles. The van der Waals surface area contributed by atoms with Crippen molar-refractivity contribution in [1.29, 1.82) is 0 Å². The maximum Gasteiger partial charge on any atom is 0.515 e. The fourth-order valence-corrected chi connectivity index (χ4v) is 2.10. The first-order chi connectivity index (χ1) is 11.7. The summed E-state index contributed by atoms with van der Waals surface area (Å²) < 4.78 is 15.5. The standard InChI is InChI=1S/C16H23N3O6/c1-10(14(20)21)13-17-11(19-5-7-23-8-6-19)9-12(18-13)24-15(22)25-16(2,3)4/h9-10H,5-8H2,1-4H3,(H,20,21). The van der Waals surface area contributed by atoms with Gasteiger partial charge in [-0.25, -0.2) is 9.78 Å². The summed E-state index contributed by atoms with van der Waals surface area (Å²) in [6.45, 7) is 8.89. The third-order valence-electron chi connectivity index (χ3n) is 3.38. The van der Waals surface area contributed by atoms with E-state index in [0.29, 0.717) is 32.1 Å². The molecule has 1 fully saturated rings. The molecule has 0 aromatic carbocycles. The maximum absolute atomic E-state index is 11.9. The highest BCUT2D eigenvalue weighted by atomic mass is 16.7. The van der Waals surface area contributed by atoms with Crippen LogP contribution < -0.4 is 9.64 Å². The highest BCUT2D eigenvalue weighted by Gasteiger charge is 2.24. The molecular weight excluding hydrogens is 330 g/mol. The summed E-state index contributed by atoms with van der Waals surface area (Å²) in [6, 6.07) is 1.49. The normalized spacial score (nSPS) is 16.2. The summed E-state index contributed by atoms with van der Waals surface area (Å²) in [7, 11) is 0. The zero-order valence-electron chi connectivity index (χ0n) is 14.8. The van der Waals surface area contributed by atoms with Gasteiger partial charge in [0.2, 0.25) is 5.88 Å². The van der Waals surface area contributed by atoms with Crippen molar-refractivity contribution in [2.24, 2.45) is 0 Å². The molecule has 1 aromatic rings. The van der Waals surface area contributed by atoms with E-state index in [-0.39, 0.29) is 11.7 Å². The number of hydrogen-bond donors (Lipinski definition) is 1. The Morgan fingerprint density at radius 2 is 1.92 bits per heavy atom. The molecule has 138 valence electrons. The summed E-state index contributed by atoms with van der Waals surface area (Å²) in [5.74, 6) is -1.51. The first-order valence-electron chi connectivity index (χ1n) is 8.01. The molecule has 1 saturated heterocycles. The van der Waals surface area contributed by atoms with Gasteiger partial charge in [0, 0.05) is 19.2 Å². The van der Waals surface area contributed by atoms with Crippen LogP contribution in [0.1, 0.15) is 39.4 Å². The third kappa shape index (κ3) is 5.56. The van der Waals surface area contributed by atoms with Crippen LogP contribution in [0.5, 0.6) is 5.88 Å². The van der Waals surface area contributed by atoms with E-state index in [2.05, 4.69) is 9.97 Å². The van der Waals surface area contributed by atoms with Crippen LogP contribution in [0.25, 0.3) is 0 Å². The predicted molar refractivity (Wildman–Crippen MR) is 88.0 cm³/mol. The summed E-state index contributed by atoms with van der Waals surface area (Å²) in [4.78, 5) is 33.4. The minimum absolute atomic E-state index is 0.0474. The number of ether oxygens (including phenoxy) is 3. The van der Waals surface area contributed by atoms with Crippen LogP contribution in [0.3, 0.4) is 0 Å². The van der Waals surface area contributed by atoms with Gasteiger partial charge in [-0.05, 0) is 27.7 Å². The number of carbonyl (C=O) groups excluding carboxylic acids is 1. The third-order valence-corrected chi connectivity index (χ3v) is 3.38. The van der Waals surface area contributed by atoms with Crippen LogP contribution in [-0.4, -0.2) is 59.1 Å². The minimum atomic E-state index is -1.07. The molecule has 0 radical (unpaired) electrons. The maximum atomic E-state index is 11.9. The van der Waals surface area contributed by atoms with E-state index in [1.54, 1.807) is 20.8 Å². The minimum Gasteiger partial charge on any atom is -0.481 e. The molecule has 2 rings (SSSR count). The molecule has 1 N–H and O–H groups in total. The van der Waals surface area contributed by atoms with Gasteiger partial charge in [0.15, 0.2) is 0 Å². The van der Waals surface area contributed by atoms with Crippen molar-refractivity contribution in [3.05, 3.63) is 11.9 Å². The SMILES string of the molecule is CC(C(=O)O)c1nc(OC(=O)OC(C)(C)C)cc(N2CCOCC2)n1. The predicted octanol–water partition coefficient (Wildman–Crippen LogP) is 1.82. The van der Waals surface area contributed by atoms with Crippen LogP contribution in [0.15, 0.2) is 6.07 Å². The van der Waals surface area contributed by atoms with Gasteiger partial charge in [0.25, 0.3) is 0 Å². The number of carboxylic acid groups (broad SMARTS) is 1. The molecule has 0 amide bonds. The number of aliphatic carboxylic acids is 1. The Hall–Kier alpha value is -2.42. The number of carboxylic acids is 1. The molecule has 25 heavy (non-hydrogen) atoms. The van der Waals surface area contributed by atoms with Gasteiger partial charge in [-0.3, -0.25) is 4.79 Å². The van der Waals surface area contributed by atoms with Crippen molar-refractivity contribution in [2.45, 2.75) is 39.2 Å². The smallest absolute Gasteiger partial charge is 0.481 e. The van der Waals surface area contributed by atoms with Gasteiger partial charge in [-0.1, -0.05) is 0 Å². The molecule has 1 atom stereocenters. The number of aromatic nitrogens is 2. The highest BCUT2D eigenvalue weighted by molar-refractivity contribution is 5.74. The molecule has 1 unspecified atom stereocenters. The zero-order valence-corrected chi connectivity index (χ0v) is 14.8. The summed E-state index contributed by atoms with van der Waals surface area (Å²) >= 11 is 0. The van der Waals surface area contributed by atoms with E-state index >= 15 is 0 Å². The van der Waals surface area contributed by atoms with Gasteiger partial charge in [0.1, 0.15) is 23.2 Å². The van der Waals surface area contributed by atoms with Crippen molar-refractivity contribution in [3.8, 4) is 5.88 Å². The molecule has 2 heterocycles. The van der Waals surface area contributed by atoms with E-state index in [1.165, 1.54) is 13.0 Å². The Morgan fingerprint density at radius 3 is 2.48 bits per heavy atom. The lowest BCUT2D eigenvalue weighted by Crippen LogP contribution is -2.37. The first-order valence-corrected chi connectivity index (χ1v) is 8.01. The lowest BCUT2D eigenvalue weighted by atomic mass is 10.1. The molecule has 0 spiro atoms. The highest BCUT2D eigenvalue weighted by Crippen LogP contribution is 2.23. The fraction of sp³-hybridized carbons (Fsp3) is 0.625. The van der Waals surface area contributed by atoms with Gasteiger partial charge < -0.3 is 24.2 Å². The molecule has 9 nitrogen and oxygen atoms in total. The Bertz CT molecular complexity index is 637. The van der Waals surface area contributed by atoms with Crippen LogP contribution in [0.4, 0.5) is 10.6 Å². The van der Waals surface area contributed by atoms with Crippen molar-refractivity contribution in [2.75, 3.05) is 31.2 Å². The second kappa shape index (κ2) is 7.64. The van der Waals surface area contributed by atoms with E-state index < -0.39 is 23.6 Å². The Labute approximate surface area is 145 Å². The van der Waals surface area contributed by atoms with Gasteiger partial charge >= 0.3 is 12.1 Å². The van der Waals surface area contributed by atoms with Crippen LogP contribution in [0, 0.1) is 0 Å².